The first-order valence-electron chi connectivity index (χ1n) is 16.7. The van der Waals surface area contributed by atoms with Gasteiger partial charge in [-0.2, -0.15) is 4.98 Å². The third kappa shape index (κ3) is 7.92. The molecule has 0 saturated carbocycles. The van der Waals surface area contributed by atoms with Crippen LogP contribution >= 0.6 is 35.2 Å². The number of halogens is 1. The van der Waals surface area contributed by atoms with Crippen molar-refractivity contribution in [2.75, 3.05) is 89.4 Å². The average Bonchev–Trinajstić information content (AvgIpc) is 3.59. The van der Waals surface area contributed by atoms with E-state index in [1.807, 2.05) is 6.07 Å². The van der Waals surface area contributed by atoms with Crippen molar-refractivity contribution in [2.24, 2.45) is 0 Å². The van der Waals surface area contributed by atoms with Crippen LogP contribution < -0.4 is 30.3 Å². The van der Waals surface area contributed by atoms with Crippen LogP contribution in [-0.4, -0.2) is 99.7 Å². The predicted octanol–water partition coefficient (Wildman–Crippen LogP) is 7.62. The van der Waals surface area contributed by atoms with Gasteiger partial charge in [0.05, 0.1) is 24.4 Å². The Morgan fingerprint density at radius 3 is 2.38 bits per heavy atom. The van der Waals surface area contributed by atoms with E-state index in [4.69, 9.17) is 14.5 Å². The fraction of sp³-hybridized carbons (Fsp3) is 0.444. The Hall–Kier alpha value is -2.95. The number of piperazine rings is 1. The minimum atomic E-state index is -0.390. The Morgan fingerprint density at radius 1 is 0.938 bits per heavy atom. The molecule has 2 aliphatic rings. The maximum atomic E-state index is 5.94. The van der Waals surface area contributed by atoms with Gasteiger partial charge in [0.2, 0.25) is 5.95 Å². The molecule has 0 atom stereocenters. The van der Waals surface area contributed by atoms with Crippen molar-refractivity contribution in [1.82, 2.24) is 19.8 Å². The summed E-state index contributed by atoms with van der Waals surface area (Å²) >= 11 is 5.33. The molecule has 0 radical (unpaired) electrons. The van der Waals surface area contributed by atoms with Gasteiger partial charge >= 0.3 is 0 Å². The van der Waals surface area contributed by atoms with Crippen LogP contribution in [0.15, 0.2) is 53.1 Å². The van der Waals surface area contributed by atoms with Crippen LogP contribution in [0.5, 0.6) is 10.8 Å². The molecule has 2 saturated heterocycles. The minimum Gasteiger partial charge on any atom is -0.494 e. The van der Waals surface area contributed by atoms with E-state index in [1.54, 1.807) is 31.8 Å². The van der Waals surface area contributed by atoms with Crippen LogP contribution in [0, 0.1) is 0 Å². The van der Waals surface area contributed by atoms with Crippen LogP contribution in [-0.2, 0) is 6.42 Å². The summed E-state index contributed by atoms with van der Waals surface area (Å²) in [5.41, 5.74) is 5.64. The maximum absolute atomic E-state index is 5.94. The van der Waals surface area contributed by atoms with Gasteiger partial charge in [0.15, 0.2) is 5.06 Å². The highest BCUT2D eigenvalue weighted by Crippen LogP contribution is 2.39. The first-order chi connectivity index (χ1) is 23.3. The molecular formula is C36H47BrN7O2PS. The Kier molecular flexibility index (Phi) is 11.4. The highest BCUT2D eigenvalue weighted by atomic mass is 79.9. The quantitative estimate of drug-likeness (QED) is 0.151. The van der Waals surface area contributed by atoms with Gasteiger partial charge in [0.25, 0.3) is 0 Å². The number of rotatable bonds is 11. The van der Waals surface area contributed by atoms with E-state index < -0.39 is 7.92 Å². The lowest BCUT2D eigenvalue weighted by atomic mass is 9.99. The number of methoxy groups -OCH3 is 2. The van der Waals surface area contributed by atoms with E-state index in [1.165, 1.54) is 66.0 Å². The van der Waals surface area contributed by atoms with E-state index >= 15 is 0 Å². The molecule has 48 heavy (non-hydrogen) atoms. The summed E-state index contributed by atoms with van der Waals surface area (Å²) < 4.78 is 12.1. The van der Waals surface area contributed by atoms with Crippen LogP contribution in [0.3, 0.4) is 0 Å². The molecule has 2 aromatic carbocycles. The monoisotopic (exact) mass is 751 g/mol. The number of nitrogens with one attached hydrogen (secondary N) is 2. The van der Waals surface area contributed by atoms with Crippen molar-refractivity contribution in [3.05, 3.63) is 58.7 Å². The number of anilines is 5. The minimum absolute atomic E-state index is 0.390. The largest absolute Gasteiger partial charge is 0.494 e. The number of hydrogen-bond donors (Lipinski definition) is 2. The Labute approximate surface area is 298 Å². The molecule has 4 heterocycles. The second kappa shape index (κ2) is 15.7. The summed E-state index contributed by atoms with van der Waals surface area (Å²) in [6.45, 7) is 13.6. The highest BCUT2D eigenvalue weighted by molar-refractivity contribution is 9.10. The van der Waals surface area contributed by atoms with Gasteiger partial charge in [0.1, 0.15) is 11.6 Å². The van der Waals surface area contributed by atoms with Crippen molar-refractivity contribution in [3.63, 3.8) is 0 Å². The van der Waals surface area contributed by atoms with Crippen LogP contribution in [0.1, 0.15) is 25.3 Å². The van der Waals surface area contributed by atoms with Gasteiger partial charge in [-0.15, -0.1) is 0 Å². The van der Waals surface area contributed by atoms with Gasteiger partial charge in [-0.3, -0.25) is 4.90 Å². The van der Waals surface area contributed by atoms with Crippen LogP contribution in [0.4, 0.5) is 28.8 Å². The van der Waals surface area contributed by atoms with Gasteiger partial charge < -0.3 is 29.9 Å². The molecule has 6 rings (SSSR count). The van der Waals surface area contributed by atoms with Gasteiger partial charge in [-0.05, 0) is 102 Å². The number of piperidine rings is 1. The number of likely N-dealkylation sites (N-methyl/N-ethyl adjacent to an activating group) is 1. The fourth-order valence-electron chi connectivity index (χ4n) is 6.63. The van der Waals surface area contributed by atoms with Crippen molar-refractivity contribution >= 4 is 69.3 Å². The first-order valence-corrected chi connectivity index (χ1v) is 20.5. The predicted molar refractivity (Wildman–Crippen MR) is 208 cm³/mol. The highest BCUT2D eigenvalue weighted by Gasteiger charge is 2.28. The number of aryl methyl sites for hydroxylation is 1. The van der Waals surface area contributed by atoms with Crippen LogP contribution in [0.25, 0.3) is 10.4 Å². The molecule has 0 amide bonds. The van der Waals surface area contributed by atoms with Crippen molar-refractivity contribution in [3.8, 4) is 21.3 Å². The molecular weight excluding hydrogens is 705 g/mol. The van der Waals surface area contributed by atoms with E-state index in [0.29, 0.717) is 17.8 Å². The summed E-state index contributed by atoms with van der Waals surface area (Å²) in [7, 11) is 5.28. The van der Waals surface area contributed by atoms with E-state index in [0.717, 1.165) is 46.2 Å². The van der Waals surface area contributed by atoms with Gasteiger partial charge in [-0.25, -0.2) is 4.98 Å². The van der Waals surface area contributed by atoms with Crippen molar-refractivity contribution in [1.29, 1.82) is 0 Å². The summed E-state index contributed by atoms with van der Waals surface area (Å²) in [4.78, 5) is 18.4. The molecule has 0 spiro atoms. The zero-order chi connectivity index (χ0) is 33.8. The van der Waals surface area contributed by atoms with Crippen molar-refractivity contribution < 1.29 is 9.47 Å². The molecule has 2 aliphatic heterocycles. The van der Waals surface area contributed by atoms with Crippen LogP contribution in [0.2, 0.25) is 0 Å². The summed E-state index contributed by atoms with van der Waals surface area (Å²) in [5.74, 6) is 1.99. The topological polar surface area (TPSA) is 78.0 Å². The number of benzene rings is 2. The molecule has 2 N–H and O–H groups in total. The molecule has 0 bridgehead atoms. The number of aromatic nitrogens is 2. The molecule has 2 aromatic heterocycles. The van der Waals surface area contributed by atoms with E-state index in [-0.39, 0.29) is 0 Å². The Morgan fingerprint density at radius 2 is 1.71 bits per heavy atom. The zero-order valence-electron chi connectivity index (χ0n) is 28.8. The zero-order valence-corrected chi connectivity index (χ0v) is 32.1. The van der Waals surface area contributed by atoms with E-state index in [2.05, 4.69) is 110 Å². The smallest absolute Gasteiger partial charge is 0.229 e. The Balaban J connectivity index is 1.19. The lowest BCUT2D eigenvalue weighted by Crippen LogP contribution is -2.52. The standard InChI is InChI=1S/C36H47BrN7O2PS/c1-7-24-20-29(31(45-3)22-30(24)44-14-12-26(13-15-44)43-18-16-42(2)17-19-43)40-36-38-23-27(37)35(41-36)39-28-9-8-25(21-32(28)47(5)6)33-10-11-34(46-4)48-33/h8-11,20-23,26H,7,12-19H2,1-6H3,(H2,38,39,40,41). The van der Waals surface area contributed by atoms with E-state index in [9.17, 15) is 0 Å². The van der Waals surface area contributed by atoms with Crippen molar-refractivity contribution in [2.45, 2.75) is 32.2 Å². The molecule has 4 aromatic rings. The second-order valence-corrected chi connectivity index (χ2v) is 16.9. The molecule has 256 valence electrons. The molecule has 9 nitrogen and oxygen atoms in total. The first kappa shape index (κ1) is 34.9. The normalized spacial score (nSPS) is 16.4. The lowest BCUT2D eigenvalue weighted by Gasteiger charge is -2.43. The number of thiophene rings is 1. The second-order valence-electron chi connectivity index (χ2n) is 12.7. The molecule has 12 heteroatoms. The third-order valence-electron chi connectivity index (χ3n) is 9.43. The number of nitrogens with zero attached hydrogens (tertiary/aromatic N) is 5. The lowest BCUT2D eigenvalue weighted by molar-refractivity contribution is 0.0982. The van der Waals surface area contributed by atoms with Gasteiger partial charge in [0, 0.05) is 73.8 Å². The van der Waals surface area contributed by atoms with Gasteiger partial charge in [-0.1, -0.05) is 32.2 Å². The summed E-state index contributed by atoms with van der Waals surface area (Å²) in [5, 5.41) is 9.24. The molecule has 0 unspecified atom stereocenters. The maximum Gasteiger partial charge on any atom is 0.229 e. The molecule has 0 aliphatic carbocycles. The average molecular weight is 753 g/mol. The SMILES string of the molecule is CCc1cc(Nc2ncc(Br)c(Nc3ccc(-c4ccc(OC)s4)cc3P(C)C)n2)c(OC)cc1N1CCC(N2CCN(C)CC2)CC1. The number of hydrogen-bond acceptors (Lipinski definition) is 10. The fourth-order valence-corrected chi connectivity index (χ4v) is 8.74. The Bertz CT molecular complexity index is 1700. The third-order valence-corrected chi connectivity index (χ3v) is 12.4. The molecule has 2 fully saturated rings. The summed E-state index contributed by atoms with van der Waals surface area (Å²) in [6, 6.07) is 15.8. The summed E-state index contributed by atoms with van der Waals surface area (Å²) in [6.07, 6.45) is 5.11. The number of ether oxygens (including phenoxy) is 2.